The van der Waals surface area contributed by atoms with Crippen LogP contribution < -0.4 is 15.4 Å². The number of carboxylic acid groups (broad SMARTS) is 1. The van der Waals surface area contributed by atoms with Crippen LogP contribution in [0.2, 0.25) is 0 Å². The molecular formula is C14H19BrN2O4. The van der Waals surface area contributed by atoms with E-state index in [9.17, 15) is 9.59 Å². The van der Waals surface area contributed by atoms with Crippen LogP contribution in [-0.4, -0.2) is 30.3 Å². The number of anilines is 1. The highest BCUT2D eigenvalue weighted by Gasteiger charge is 2.25. The molecular weight excluding hydrogens is 340 g/mol. The molecule has 0 saturated heterocycles. The minimum absolute atomic E-state index is 0.160. The molecule has 0 radical (unpaired) electrons. The van der Waals surface area contributed by atoms with Gasteiger partial charge in [0.05, 0.1) is 11.6 Å². The van der Waals surface area contributed by atoms with Gasteiger partial charge < -0.3 is 20.5 Å². The van der Waals surface area contributed by atoms with Gasteiger partial charge in [-0.25, -0.2) is 9.59 Å². The summed E-state index contributed by atoms with van der Waals surface area (Å²) in [6.45, 7) is 3.65. The Morgan fingerprint density at radius 3 is 2.62 bits per heavy atom. The number of benzene rings is 1. The minimum Gasteiger partial charge on any atom is -0.495 e. The lowest BCUT2D eigenvalue weighted by Gasteiger charge is -2.20. The van der Waals surface area contributed by atoms with Crippen LogP contribution in [0.3, 0.4) is 0 Å². The molecule has 0 heterocycles. The summed E-state index contributed by atoms with van der Waals surface area (Å²) in [5.41, 5.74) is 0.515. The van der Waals surface area contributed by atoms with Gasteiger partial charge in [-0.2, -0.15) is 0 Å². The van der Waals surface area contributed by atoms with E-state index < -0.39 is 18.0 Å². The van der Waals surface area contributed by atoms with Crippen molar-refractivity contribution in [1.82, 2.24) is 5.32 Å². The van der Waals surface area contributed by atoms with Crippen molar-refractivity contribution < 1.29 is 19.4 Å². The Morgan fingerprint density at radius 2 is 2.10 bits per heavy atom. The van der Waals surface area contributed by atoms with Crippen molar-refractivity contribution in [3.8, 4) is 5.75 Å². The van der Waals surface area contributed by atoms with Gasteiger partial charge in [0, 0.05) is 11.8 Å². The van der Waals surface area contributed by atoms with Crippen LogP contribution in [0.15, 0.2) is 22.7 Å². The first-order chi connectivity index (χ1) is 9.88. The maximum Gasteiger partial charge on any atom is 0.326 e. The first-order valence-corrected chi connectivity index (χ1v) is 7.32. The van der Waals surface area contributed by atoms with Crippen LogP contribution in [0.25, 0.3) is 0 Å². The van der Waals surface area contributed by atoms with Gasteiger partial charge in [-0.15, -0.1) is 0 Å². The summed E-state index contributed by atoms with van der Waals surface area (Å²) < 4.78 is 5.89. The van der Waals surface area contributed by atoms with Gasteiger partial charge in [0.15, 0.2) is 0 Å². The van der Waals surface area contributed by atoms with Crippen molar-refractivity contribution in [3.05, 3.63) is 22.7 Å². The number of carbonyl (C=O) groups is 2. The molecule has 6 nitrogen and oxygen atoms in total. The van der Waals surface area contributed by atoms with Crippen molar-refractivity contribution >= 4 is 33.6 Å². The third kappa shape index (κ3) is 4.93. The number of methoxy groups -OCH3 is 1. The van der Waals surface area contributed by atoms with Gasteiger partial charge in [-0.3, -0.25) is 0 Å². The molecule has 0 bridgehead atoms. The normalized spacial score (nSPS) is 13.1. The number of rotatable bonds is 6. The third-order valence-corrected chi connectivity index (χ3v) is 3.83. The summed E-state index contributed by atoms with van der Waals surface area (Å²) >= 11 is 3.31. The number of amides is 2. The molecule has 3 N–H and O–H groups in total. The van der Waals surface area contributed by atoms with Gasteiger partial charge in [0.1, 0.15) is 11.8 Å². The number of hydrogen-bond acceptors (Lipinski definition) is 3. The van der Waals surface area contributed by atoms with Crippen LogP contribution in [0.5, 0.6) is 5.75 Å². The molecule has 1 aromatic carbocycles. The number of nitrogens with one attached hydrogen (secondary N) is 2. The average Bonchev–Trinajstić information content (AvgIpc) is 2.45. The summed E-state index contributed by atoms with van der Waals surface area (Å²) in [6.07, 6.45) is 0.656. The number of urea groups is 1. The Kier molecular flexibility index (Phi) is 6.48. The quantitative estimate of drug-likeness (QED) is 0.728. The molecule has 0 aliphatic heterocycles. The van der Waals surface area contributed by atoms with E-state index in [0.29, 0.717) is 17.9 Å². The van der Waals surface area contributed by atoms with E-state index in [-0.39, 0.29) is 5.92 Å². The van der Waals surface area contributed by atoms with E-state index in [1.807, 2.05) is 6.92 Å². The Labute approximate surface area is 132 Å². The van der Waals surface area contributed by atoms with Crippen LogP contribution in [0, 0.1) is 5.92 Å². The van der Waals surface area contributed by atoms with E-state index in [2.05, 4.69) is 26.6 Å². The molecule has 2 amide bonds. The highest BCUT2D eigenvalue weighted by molar-refractivity contribution is 9.10. The van der Waals surface area contributed by atoms with E-state index in [1.165, 1.54) is 7.11 Å². The minimum atomic E-state index is -1.05. The molecule has 2 atom stereocenters. The summed E-state index contributed by atoms with van der Waals surface area (Å²) in [5.74, 6) is -0.634. The lowest BCUT2D eigenvalue weighted by atomic mass is 9.99. The molecule has 0 saturated carbocycles. The fraction of sp³-hybridized carbons (Fsp3) is 0.429. The number of ether oxygens (including phenoxy) is 1. The Hall–Kier alpha value is -1.76. The molecule has 0 fully saturated rings. The lowest BCUT2D eigenvalue weighted by molar-refractivity contribution is -0.140. The topological polar surface area (TPSA) is 87.7 Å². The maximum absolute atomic E-state index is 11.9. The molecule has 7 heteroatoms. The zero-order valence-corrected chi connectivity index (χ0v) is 13.7. The van der Waals surface area contributed by atoms with Crippen molar-refractivity contribution in [1.29, 1.82) is 0 Å². The first-order valence-electron chi connectivity index (χ1n) is 6.52. The van der Waals surface area contributed by atoms with Gasteiger partial charge in [0.2, 0.25) is 0 Å². The van der Waals surface area contributed by atoms with E-state index in [1.54, 1.807) is 25.1 Å². The molecule has 1 aromatic rings. The largest absolute Gasteiger partial charge is 0.495 e. The molecule has 0 aromatic heterocycles. The molecule has 0 aliphatic rings. The summed E-state index contributed by atoms with van der Waals surface area (Å²) in [4.78, 5) is 23.1. The standard InChI is InChI=1S/C14H19BrN2O4/c1-4-8(2)12(13(18)19)17-14(20)16-9-5-6-10(15)11(7-9)21-3/h5-8,12H,4H2,1-3H3,(H,18,19)(H2,16,17,20)/t8?,12-/m0/s1. The predicted octanol–water partition coefficient (Wildman–Crippen LogP) is 3.08. The number of carbonyl (C=O) groups excluding carboxylic acids is 1. The van der Waals surface area contributed by atoms with E-state index >= 15 is 0 Å². The number of aliphatic carboxylic acids is 1. The second-order valence-electron chi connectivity index (χ2n) is 4.65. The summed E-state index contributed by atoms with van der Waals surface area (Å²) in [7, 11) is 1.52. The molecule has 116 valence electrons. The average molecular weight is 359 g/mol. The predicted molar refractivity (Wildman–Crippen MR) is 83.7 cm³/mol. The smallest absolute Gasteiger partial charge is 0.326 e. The number of hydrogen-bond donors (Lipinski definition) is 3. The van der Waals surface area contributed by atoms with Crippen LogP contribution >= 0.6 is 15.9 Å². The third-order valence-electron chi connectivity index (χ3n) is 3.17. The fourth-order valence-corrected chi connectivity index (χ4v) is 2.14. The van der Waals surface area contributed by atoms with Crippen LogP contribution in [0.1, 0.15) is 20.3 Å². The van der Waals surface area contributed by atoms with Crippen LogP contribution in [0.4, 0.5) is 10.5 Å². The van der Waals surface area contributed by atoms with Gasteiger partial charge in [-0.1, -0.05) is 20.3 Å². The zero-order valence-electron chi connectivity index (χ0n) is 12.1. The van der Waals surface area contributed by atoms with Crippen molar-refractivity contribution in [2.75, 3.05) is 12.4 Å². The van der Waals surface area contributed by atoms with Crippen molar-refractivity contribution in [2.45, 2.75) is 26.3 Å². The molecule has 1 unspecified atom stereocenters. The summed E-state index contributed by atoms with van der Waals surface area (Å²) in [5, 5.41) is 14.2. The number of halogens is 1. The SMILES string of the molecule is CCC(C)[C@H](NC(=O)Nc1ccc(Br)c(OC)c1)C(=O)O. The molecule has 0 spiro atoms. The van der Waals surface area contributed by atoms with Crippen molar-refractivity contribution in [3.63, 3.8) is 0 Å². The van der Waals surface area contributed by atoms with Crippen molar-refractivity contribution in [2.24, 2.45) is 5.92 Å². The van der Waals surface area contributed by atoms with E-state index in [0.717, 1.165) is 4.47 Å². The maximum atomic E-state index is 11.9. The van der Waals surface area contributed by atoms with Gasteiger partial charge in [0.25, 0.3) is 0 Å². The summed E-state index contributed by atoms with van der Waals surface area (Å²) in [6, 6.07) is 3.57. The monoisotopic (exact) mass is 358 g/mol. The molecule has 0 aliphatic carbocycles. The first kappa shape index (κ1) is 17.3. The molecule has 1 rings (SSSR count). The van der Waals surface area contributed by atoms with Gasteiger partial charge in [-0.05, 0) is 34.0 Å². The second-order valence-corrected chi connectivity index (χ2v) is 5.50. The highest BCUT2D eigenvalue weighted by atomic mass is 79.9. The fourth-order valence-electron chi connectivity index (χ4n) is 1.73. The number of carboxylic acids is 1. The molecule has 21 heavy (non-hydrogen) atoms. The Bertz CT molecular complexity index is 522. The van der Waals surface area contributed by atoms with Crippen LogP contribution in [-0.2, 0) is 4.79 Å². The highest BCUT2D eigenvalue weighted by Crippen LogP contribution is 2.27. The van der Waals surface area contributed by atoms with Gasteiger partial charge >= 0.3 is 12.0 Å². The lowest BCUT2D eigenvalue weighted by Crippen LogP contribution is -2.46. The van der Waals surface area contributed by atoms with E-state index in [4.69, 9.17) is 9.84 Å². The Morgan fingerprint density at radius 1 is 1.43 bits per heavy atom. The second kappa shape index (κ2) is 7.87. The zero-order chi connectivity index (χ0) is 16.0. The Balaban J connectivity index is 2.74.